The first-order valence-electron chi connectivity index (χ1n) is 9.96. The molecule has 0 radical (unpaired) electrons. The van der Waals surface area contributed by atoms with Crippen molar-refractivity contribution in [2.75, 3.05) is 6.54 Å². The molecule has 31 heavy (non-hydrogen) atoms. The van der Waals surface area contributed by atoms with E-state index in [1.807, 2.05) is 36.4 Å². The van der Waals surface area contributed by atoms with Crippen LogP contribution < -0.4 is 10.6 Å². The molecule has 0 saturated carbocycles. The van der Waals surface area contributed by atoms with Crippen LogP contribution in [0.5, 0.6) is 0 Å². The van der Waals surface area contributed by atoms with Crippen LogP contribution in [-0.2, 0) is 15.1 Å². The van der Waals surface area contributed by atoms with Crippen molar-refractivity contribution in [1.29, 1.82) is 0 Å². The summed E-state index contributed by atoms with van der Waals surface area (Å²) in [5, 5.41) is 7.44. The predicted octanol–water partition coefficient (Wildman–Crippen LogP) is 3.62. The second-order valence-corrected chi connectivity index (χ2v) is 7.85. The van der Waals surface area contributed by atoms with Crippen LogP contribution >= 0.6 is 0 Å². The maximum absolute atomic E-state index is 13.1. The van der Waals surface area contributed by atoms with Crippen LogP contribution in [0.15, 0.2) is 66.7 Å². The predicted molar refractivity (Wildman–Crippen MR) is 115 cm³/mol. The molecule has 6 nitrogen and oxygen atoms in total. The van der Waals surface area contributed by atoms with Gasteiger partial charge >= 0.3 is 6.03 Å². The molecule has 0 aliphatic carbocycles. The lowest BCUT2D eigenvalue weighted by molar-refractivity contribution is -0.135. The highest BCUT2D eigenvalue weighted by Crippen LogP contribution is 2.31. The molecule has 7 heteroatoms. The Hall–Kier alpha value is -3.74. The largest absolute Gasteiger partial charge is 0.348 e. The summed E-state index contributed by atoms with van der Waals surface area (Å²) in [7, 11) is 0. The van der Waals surface area contributed by atoms with Gasteiger partial charge in [-0.15, -0.1) is 0 Å². The fraction of sp³-hybridized carbons (Fsp3) is 0.208. The third kappa shape index (κ3) is 3.86. The molecule has 0 spiro atoms. The summed E-state index contributed by atoms with van der Waals surface area (Å²) in [6, 6.07) is 18.1. The number of imide groups is 1. The van der Waals surface area contributed by atoms with E-state index in [0.717, 1.165) is 15.7 Å². The van der Waals surface area contributed by atoms with Crippen LogP contribution in [0.2, 0.25) is 0 Å². The molecule has 1 aliphatic rings. The second kappa shape index (κ2) is 7.83. The van der Waals surface area contributed by atoms with E-state index >= 15 is 0 Å². The zero-order valence-electron chi connectivity index (χ0n) is 17.2. The van der Waals surface area contributed by atoms with Gasteiger partial charge in [0.25, 0.3) is 5.91 Å². The number of benzene rings is 3. The number of rotatable bonds is 5. The fourth-order valence-corrected chi connectivity index (χ4v) is 3.80. The van der Waals surface area contributed by atoms with E-state index in [-0.39, 0.29) is 5.82 Å². The molecule has 4 rings (SSSR count). The Balaban J connectivity index is 1.49. The Bertz CT molecular complexity index is 1180. The molecule has 2 atom stereocenters. The number of urea groups is 1. The number of carbonyl (C=O) groups is 3. The van der Waals surface area contributed by atoms with Crippen LogP contribution in [0, 0.1) is 5.82 Å². The SMILES string of the molecule is C[C@H](NC(=O)CN1C(=O)N[C@](C)(c2ccc3ccccc3c2)C1=O)c1ccc(F)cc1. The highest BCUT2D eigenvalue weighted by atomic mass is 19.1. The van der Waals surface area contributed by atoms with Crippen molar-refractivity contribution >= 4 is 28.6 Å². The van der Waals surface area contributed by atoms with Gasteiger partial charge in [-0.1, -0.05) is 48.5 Å². The van der Waals surface area contributed by atoms with E-state index in [1.165, 1.54) is 12.1 Å². The molecule has 1 saturated heterocycles. The van der Waals surface area contributed by atoms with Gasteiger partial charge in [-0.05, 0) is 53.9 Å². The Morgan fingerprint density at radius 3 is 2.45 bits per heavy atom. The van der Waals surface area contributed by atoms with Crippen molar-refractivity contribution in [3.05, 3.63) is 83.7 Å². The van der Waals surface area contributed by atoms with Crippen molar-refractivity contribution in [3.8, 4) is 0 Å². The van der Waals surface area contributed by atoms with Crippen LogP contribution in [0.25, 0.3) is 10.8 Å². The number of fused-ring (bicyclic) bond motifs is 1. The van der Waals surface area contributed by atoms with Crippen LogP contribution in [0.1, 0.15) is 31.0 Å². The lowest BCUT2D eigenvalue weighted by Crippen LogP contribution is -2.43. The third-order valence-electron chi connectivity index (χ3n) is 5.65. The van der Waals surface area contributed by atoms with Gasteiger partial charge in [-0.25, -0.2) is 9.18 Å². The topological polar surface area (TPSA) is 78.5 Å². The molecule has 0 unspecified atom stereocenters. The molecule has 4 amide bonds. The average molecular weight is 419 g/mol. The summed E-state index contributed by atoms with van der Waals surface area (Å²) in [6.07, 6.45) is 0. The smallest absolute Gasteiger partial charge is 0.325 e. The minimum absolute atomic E-state index is 0.366. The number of hydrogen-bond donors (Lipinski definition) is 2. The monoisotopic (exact) mass is 419 g/mol. The highest BCUT2D eigenvalue weighted by molar-refractivity contribution is 6.09. The Kier molecular flexibility index (Phi) is 5.19. The standard InChI is InChI=1S/C24H22FN3O3/c1-15(16-8-11-20(25)12-9-16)26-21(29)14-28-22(30)24(2,27-23(28)31)19-10-7-17-5-3-4-6-18(17)13-19/h3-13,15H,14H2,1-2H3,(H,26,29)(H,27,31)/t15-,24+/m0/s1. The Labute approximate surface area is 179 Å². The van der Waals surface area contributed by atoms with Crippen molar-refractivity contribution in [3.63, 3.8) is 0 Å². The first kappa shape index (κ1) is 20.5. The summed E-state index contributed by atoms with van der Waals surface area (Å²) < 4.78 is 13.1. The summed E-state index contributed by atoms with van der Waals surface area (Å²) in [6.45, 7) is 2.98. The number of carbonyl (C=O) groups excluding carboxylic acids is 3. The maximum Gasteiger partial charge on any atom is 0.325 e. The first-order valence-corrected chi connectivity index (χ1v) is 9.96. The van der Waals surface area contributed by atoms with E-state index in [0.29, 0.717) is 11.1 Å². The number of halogens is 1. The lowest BCUT2D eigenvalue weighted by Gasteiger charge is -2.23. The highest BCUT2D eigenvalue weighted by Gasteiger charge is 2.49. The van der Waals surface area contributed by atoms with E-state index in [1.54, 1.807) is 32.0 Å². The average Bonchev–Trinajstić information content (AvgIpc) is 2.97. The minimum Gasteiger partial charge on any atom is -0.348 e. The number of hydrogen-bond acceptors (Lipinski definition) is 3. The van der Waals surface area contributed by atoms with Gasteiger partial charge in [0.2, 0.25) is 5.91 Å². The first-order chi connectivity index (χ1) is 14.8. The zero-order valence-corrected chi connectivity index (χ0v) is 17.2. The van der Waals surface area contributed by atoms with Gasteiger partial charge in [0.15, 0.2) is 0 Å². The van der Waals surface area contributed by atoms with Crippen LogP contribution in [0.3, 0.4) is 0 Å². The van der Waals surface area contributed by atoms with Crippen LogP contribution in [0.4, 0.5) is 9.18 Å². The molecule has 158 valence electrons. The van der Waals surface area contributed by atoms with Gasteiger partial charge in [-0.2, -0.15) is 0 Å². The third-order valence-corrected chi connectivity index (χ3v) is 5.65. The van der Waals surface area contributed by atoms with E-state index < -0.39 is 36.0 Å². The molecule has 2 N–H and O–H groups in total. The van der Waals surface area contributed by atoms with Crippen molar-refractivity contribution in [2.45, 2.75) is 25.4 Å². The Morgan fingerprint density at radius 2 is 1.74 bits per heavy atom. The quantitative estimate of drug-likeness (QED) is 0.620. The summed E-state index contributed by atoms with van der Waals surface area (Å²) in [4.78, 5) is 39.1. The number of amides is 4. The summed E-state index contributed by atoms with van der Waals surface area (Å²) in [5.74, 6) is -1.34. The molecular weight excluding hydrogens is 397 g/mol. The van der Waals surface area contributed by atoms with Crippen molar-refractivity contribution in [1.82, 2.24) is 15.5 Å². The van der Waals surface area contributed by atoms with Gasteiger partial charge in [0.05, 0.1) is 6.04 Å². The van der Waals surface area contributed by atoms with E-state index in [9.17, 15) is 18.8 Å². The minimum atomic E-state index is -1.26. The molecular formula is C24H22FN3O3. The van der Waals surface area contributed by atoms with E-state index in [4.69, 9.17) is 0 Å². The molecule has 1 fully saturated rings. The molecule has 3 aromatic carbocycles. The van der Waals surface area contributed by atoms with Crippen molar-refractivity contribution in [2.24, 2.45) is 0 Å². The number of nitrogens with one attached hydrogen (secondary N) is 2. The molecule has 3 aromatic rings. The molecule has 0 aromatic heterocycles. The summed E-state index contributed by atoms with van der Waals surface area (Å²) >= 11 is 0. The lowest BCUT2D eigenvalue weighted by atomic mass is 9.90. The van der Waals surface area contributed by atoms with Gasteiger partial charge in [0.1, 0.15) is 17.9 Å². The fourth-order valence-electron chi connectivity index (χ4n) is 3.80. The number of nitrogens with zero attached hydrogens (tertiary/aromatic N) is 1. The summed E-state index contributed by atoms with van der Waals surface area (Å²) in [5.41, 5.74) is 0.101. The second-order valence-electron chi connectivity index (χ2n) is 7.85. The molecule has 1 aliphatic heterocycles. The van der Waals surface area contributed by atoms with Gasteiger partial charge in [-0.3, -0.25) is 14.5 Å². The molecule has 1 heterocycles. The van der Waals surface area contributed by atoms with Gasteiger partial charge < -0.3 is 10.6 Å². The van der Waals surface area contributed by atoms with Crippen molar-refractivity contribution < 1.29 is 18.8 Å². The maximum atomic E-state index is 13.1. The molecule has 0 bridgehead atoms. The van der Waals surface area contributed by atoms with Crippen LogP contribution in [-0.4, -0.2) is 29.3 Å². The zero-order chi connectivity index (χ0) is 22.2. The Morgan fingerprint density at radius 1 is 1.06 bits per heavy atom. The van der Waals surface area contributed by atoms with Gasteiger partial charge in [0, 0.05) is 0 Å². The normalized spacial score (nSPS) is 19.4. The van der Waals surface area contributed by atoms with E-state index in [2.05, 4.69) is 10.6 Å².